The Morgan fingerprint density at radius 1 is 0.228 bits per heavy atom. The summed E-state index contributed by atoms with van der Waals surface area (Å²) in [5.74, 6) is 0. The molecular formula is C56H39N. The Kier molecular flexibility index (Phi) is 8.95. The molecule has 0 aliphatic rings. The van der Waals surface area contributed by atoms with Gasteiger partial charge in [-0.15, -0.1) is 0 Å². The van der Waals surface area contributed by atoms with Crippen LogP contribution in [0.4, 0.5) is 17.1 Å². The third-order valence-corrected chi connectivity index (χ3v) is 11.1. The fourth-order valence-corrected chi connectivity index (χ4v) is 8.45. The zero-order valence-electron chi connectivity index (χ0n) is 31.5. The average molecular weight is 726 g/mol. The van der Waals surface area contributed by atoms with E-state index in [0.717, 1.165) is 17.1 Å². The van der Waals surface area contributed by atoms with E-state index < -0.39 is 0 Å². The van der Waals surface area contributed by atoms with E-state index in [9.17, 15) is 0 Å². The van der Waals surface area contributed by atoms with E-state index in [2.05, 4.69) is 241 Å². The summed E-state index contributed by atoms with van der Waals surface area (Å²) in [6, 6.07) is 85.5. The van der Waals surface area contributed by atoms with E-state index in [-0.39, 0.29) is 0 Å². The van der Waals surface area contributed by atoms with Crippen LogP contribution < -0.4 is 4.90 Å². The summed E-state index contributed by atoms with van der Waals surface area (Å²) in [4.78, 5) is 2.42. The van der Waals surface area contributed by atoms with Gasteiger partial charge in [0.1, 0.15) is 0 Å². The summed E-state index contributed by atoms with van der Waals surface area (Å²) in [5.41, 5.74) is 15.4. The highest BCUT2D eigenvalue weighted by Crippen LogP contribution is 2.47. The van der Waals surface area contributed by atoms with Gasteiger partial charge in [-0.25, -0.2) is 0 Å². The molecule has 0 saturated carbocycles. The van der Waals surface area contributed by atoms with Gasteiger partial charge in [0.2, 0.25) is 0 Å². The van der Waals surface area contributed by atoms with Crippen LogP contribution in [0.1, 0.15) is 0 Å². The second-order valence-electron chi connectivity index (χ2n) is 14.4. The molecule has 0 heterocycles. The summed E-state index contributed by atoms with van der Waals surface area (Å²) in [6.45, 7) is 0. The Balaban J connectivity index is 1.16. The normalized spacial score (nSPS) is 11.2. The molecule has 0 aromatic heterocycles. The third kappa shape index (κ3) is 6.36. The van der Waals surface area contributed by atoms with Crippen LogP contribution in [0, 0.1) is 0 Å². The van der Waals surface area contributed by atoms with Gasteiger partial charge in [-0.05, 0) is 96.4 Å². The zero-order chi connectivity index (χ0) is 38.0. The van der Waals surface area contributed by atoms with Crippen LogP contribution >= 0.6 is 0 Å². The topological polar surface area (TPSA) is 3.24 Å². The van der Waals surface area contributed by atoms with Crippen molar-refractivity contribution >= 4 is 38.6 Å². The number of hydrogen-bond acceptors (Lipinski definition) is 1. The van der Waals surface area contributed by atoms with Crippen molar-refractivity contribution in [2.75, 3.05) is 4.90 Å². The number of hydrogen-bond donors (Lipinski definition) is 0. The Bertz CT molecular complexity index is 2890. The van der Waals surface area contributed by atoms with Crippen LogP contribution in [0.3, 0.4) is 0 Å². The predicted octanol–water partition coefficient (Wildman–Crippen LogP) is 15.8. The minimum absolute atomic E-state index is 1.09. The van der Waals surface area contributed by atoms with Crippen molar-refractivity contribution in [1.29, 1.82) is 0 Å². The summed E-state index contributed by atoms with van der Waals surface area (Å²) >= 11 is 0. The van der Waals surface area contributed by atoms with Crippen molar-refractivity contribution in [1.82, 2.24) is 0 Å². The van der Waals surface area contributed by atoms with Gasteiger partial charge in [0, 0.05) is 16.8 Å². The molecule has 0 radical (unpaired) electrons. The lowest BCUT2D eigenvalue weighted by Gasteiger charge is -2.30. The zero-order valence-corrected chi connectivity index (χ0v) is 31.5. The molecule has 1 heteroatoms. The van der Waals surface area contributed by atoms with Crippen LogP contribution in [-0.4, -0.2) is 0 Å². The molecule has 10 rings (SSSR count). The van der Waals surface area contributed by atoms with Gasteiger partial charge in [-0.1, -0.05) is 206 Å². The minimum Gasteiger partial charge on any atom is -0.309 e. The predicted molar refractivity (Wildman–Crippen MR) is 243 cm³/mol. The molecule has 0 bridgehead atoms. The number of para-hydroxylation sites is 2. The van der Waals surface area contributed by atoms with E-state index in [1.807, 2.05) is 0 Å². The number of fused-ring (bicyclic) bond motifs is 3. The molecule has 0 N–H and O–H groups in total. The smallest absolute Gasteiger partial charge is 0.0540 e. The molecule has 0 fully saturated rings. The maximum atomic E-state index is 2.42. The lowest BCUT2D eigenvalue weighted by atomic mass is 9.84. The van der Waals surface area contributed by atoms with E-state index >= 15 is 0 Å². The molecule has 0 amide bonds. The van der Waals surface area contributed by atoms with Crippen LogP contribution in [0.2, 0.25) is 0 Å². The summed E-state index contributed by atoms with van der Waals surface area (Å²) in [6.07, 6.45) is 0. The summed E-state index contributed by atoms with van der Waals surface area (Å²) in [7, 11) is 0. The van der Waals surface area contributed by atoms with Gasteiger partial charge in [-0.3, -0.25) is 0 Å². The number of rotatable bonds is 8. The monoisotopic (exact) mass is 725 g/mol. The number of anilines is 3. The summed E-state index contributed by atoms with van der Waals surface area (Å²) < 4.78 is 0. The largest absolute Gasteiger partial charge is 0.309 e. The van der Waals surface area contributed by atoms with Gasteiger partial charge in [-0.2, -0.15) is 0 Å². The maximum Gasteiger partial charge on any atom is 0.0540 e. The molecule has 0 aliphatic carbocycles. The molecule has 1 nitrogen and oxygen atoms in total. The highest BCUT2D eigenvalue weighted by molar-refractivity contribution is 6.22. The average Bonchev–Trinajstić information content (AvgIpc) is 3.30. The van der Waals surface area contributed by atoms with Gasteiger partial charge in [0.05, 0.1) is 11.4 Å². The van der Waals surface area contributed by atoms with E-state index in [0.29, 0.717) is 0 Å². The molecule has 0 atom stereocenters. The molecule has 0 unspecified atom stereocenters. The van der Waals surface area contributed by atoms with Crippen molar-refractivity contribution in [2.45, 2.75) is 0 Å². The number of benzene rings is 10. The maximum absolute atomic E-state index is 2.42. The van der Waals surface area contributed by atoms with Crippen molar-refractivity contribution in [3.05, 3.63) is 237 Å². The second-order valence-corrected chi connectivity index (χ2v) is 14.4. The first-order chi connectivity index (χ1) is 28.3. The first-order valence-electron chi connectivity index (χ1n) is 19.6. The lowest BCUT2D eigenvalue weighted by Crippen LogP contribution is -2.12. The van der Waals surface area contributed by atoms with Gasteiger partial charge < -0.3 is 4.90 Å². The van der Waals surface area contributed by atoms with Crippen LogP contribution in [0.15, 0.2) is 237 Å². The molecule has 10 aromatic carbocycles. The van der Waals surface area contributed by atoms with Crippen LogP contribution in [-0.2, 0) is 0 Å². The van der Waals surface area contributed by atoms with Gasteiger partial charge in [0.25, 0.3) is 0 Å². The number of nitrogens with zero attached hydrogens (tertiary/aromatic N) is 1. The van der Waals surface area contributed by atoms with Crippen molar-refractivity contribution < 1.29 is 0 Å². The molecule has 0 saturated heterocycles. The second kappa shape index (κ2) is 15.0. The highest BCUT2D eigenvalue weighted by atomic mass is 15.1. The standard InChI is InChI=1S/C56H39N/c1-5-19-41(20-6-1)47-27-15-17-31-53(47)57(54-32-18-16-28-48(54)42-21-7-2-8-22-42)46-36-33-40(34-37-46)45-35-38-50-49-29-13-14-30-51(49)55(43-23-9-3-10-24-43)56(52(50)39-45)44-25-11-4-12-26-44/h1-39H. The Hall–Kier alpha value is -7.48. The molecule has 268 valence electrons. The van der Waals surface area contributed by atoms with Crippen LogP contribution in [0.5, 0.6) is 0 Å². The fourth-order valence-electron chi connectivity index (χ4n) is 8.45. The molecule has 57 heavy (non-hydrogen) atoms. The lowest BCUT2D eigenvalue weighted by molar-refractivity contribution is 1.28. The van der Waals surface area contributed by atoms with E-state index in [4.69, 9.17) is 0 Å². The Labute approximate surface area is 334 Å². The summed E-state index contributed by atoms with van der Waals surface area (Å²) in [5, 5.41) is 5.03. The SMILES string of the molecule is c1ccc(-c2ccccc2N(c2ccc(-c3ccc4c(c3)c(-c3ccccc3)c(-c3ccccc3)c3ccccc34)cc2)c2ccccc2-c2ccccc2)cc1. The molecular weight excluding hydrogens is 687 g/mol. The van der Waals surface area contributed by atoms with Crippen LogP contribution in [0.25, 0.3) is 77.2 Å². The van der Waals surface area contributed by atoms with Gasteiger partial charge >= 0.3 is 0 Å². The first-order valence-corrected chi connectivity index (χ1v) is 19.6. The van der Waals surface area contributed by atoms with Gasteiger partial charge in [0.15, 0.2) is 0 Å². The third-order valence-electron chi connectivity index (χ3n) is 11.1. The van der Waals surface area contributed by atoms with Crippen molar-refractivity contribution in [3.8, 4) is 55.6 Å². The quantitative estimate of drug-likeness (QED) is 0.141. The first kappa shape index (κ1) is 34.0. The minimum atomic E-state index is 1.09. The Morgan fingerprint density at radius 2 is 0.614 bits per heavy atom. The highest BCUT2D eigenvalue weighted by Gasteiger charge is 2.21. The van der Waals surface area contributed by atoms with E-state index in [1.165, 1.54) is 77.2 Å². The molecule has 10 aromatic rings. The molecule has 0 spiro atoms. The fraction of sp³-hybridized carbons (Fsp3) is 0. The Morgan fingerprint density at radius 3 is 1.14 bits per heavy atom. The van der Waals surface area contributed by atoms with E-state index in [1.54, 1.807) is 0 Å². The van der Waals surface area contributed by atoms with Crippen molar-refractivity contribution in [2.24, 2.45) is 0 Å². The van der Waals surface area contributed by atoms with Crippen molar-refractivity contribution in [3.63, 3.8) is 0 Å². The molecule has 0 aliphatic heterocycles.